The van der Waals surface area contributed by atoms with Crippen molar-refractivity contribution in [2.75, 3.05) is 6.54 Å². The van der Waals surface area contributed by atoms with E-state index in [9.17, 15) is 4.79 Å². The highest BCUT2D eigenvalue weighted by atomic mass is 32.2. The summed E-state index contributed by atoms with van der Waals surface area (Å²) in [6.07, 6.45) is 10.3. The van der Waals surface area contributed by atoms with Crippen molar-refractivity contribution in [1.82, 2.24) is 9.88 Å². The van der Waals surface area contributed by atoms with Crippen molar-refractivity contribution in [3.63, 3.8) is 0 Å². The molecule has 1 aliphatic carbocycles. The molecule has 4 nitrogen and oxygen atoms in total. The van der Waals surface area contributed by atoms with E-state index in [-0.39, 0.29) is 12.1 Å². The Balaban J connectivity index is 1.76. The summed E-state index contributed by atoms with van der Waals surface area (Å²) in [4.78, 5) is 19.2. The number of amides is 1. The second-order valence-corrected chi connectivity index (χ2v) is 9.40. The van der Waals surface area contributed by atoms with Gasteiger partial charge < -0.3 is 9.64 Å². The maximum atomic E-state index is 12.6. The number of carbonyl (C=O) groups is 1. The number of rotatable bonds is 3. The van der Waals surface area contributed by atoms with Crippen molar-refractivity contribution in [1.29, 1.82) is 0 Å². The summed E-state index contributed by atoms with van der Waals surface area (Å²) < 4.78 is 5.62. The monoisotopic (exact) mass is 362 g/mol. The van der Waals surface area contributed by atoms with Gasteiger partial charge in [-0.25, -0.2) is 9.78 Å². The van der Waals surface area contributed by atoms with Crippen molar-refractivity contribution in [2.24, 2.45) is 0 Å². The van der Waals surface area contributed by atoms with E-state index in [2.05, 4.69) is 11.1 Å². The predicted octanol–water partition coefficient (Wildman–Crippen LogP) is 5.58. The molecule has 3 rings (SSSR count). The van der Waals surface area contributed by atoms with E-state index in [4.69, 9.17) is 4.74 Å². The lowest BCUT2D eigenvalue weighted by atomic mass is 10.0. The van der Waals surface area contributed by atoms with Gasteiger partial charge in [0.25, 0.3) is 0 Å². The zero-order valence-electron chi connectivity index (χ0n) is 15.7. The SMILES string of the molecule is CC(C)(C)OC(=O)N1CCC[C@@H]1c1cccnc1SC1CCCCC1. The topological polar surface area (TPSA) is 42.4 Å². The fourth-order valence-corrected chi connectivity index (χ4v) is 5.07. The Morgan fingerprint density at radius 2 is 1.96 bits per heavy atom. The Morgan fingerprint density at radius 1 is 1.20 bits per heavy atom. The number of pyridine rings is 1. The molecule has 2 aliphatic rings. The summed E-state index contributed by atoms with van der Waals surface area (Å²) in [5.74, 6) is 0. The van der Waals surface area contributed by atoms with Crippen molar-refractivity contribution in [3.8, 4) is 0 Å². The molecular formula is C20H30N2O2S. The molecule has 25 heavy (non-hydrogen) atoms. The van der Waals surface area contributed by atoms with E-state index in [1.165, 1.54) is 37.7 Å². The summed E-state index contributed by atoms with van der Waals surface area (Å²) in [6.45, 7) is 6.53. The summed E-state index contributed by atoms with van der Waals surface area (Å²) in [7, 11) is 0. The van der Waals surface area contributed by atoms with E-state index in [0.29, 0.717) is 5.25 Å². The Kier molecular flexibility index (Phi) is 5.92. The number of thioether (sulfide) groups is 1. The minimum absolute atomic E-state index is 0.0923. The number of aromatic nitrogens is 1. The van der Waals surface area contributed by atoms with Gasteiger partial charge in [-0.2, -0.15) is 0 Å². The maximum absolute atomic E-state index is 12.6. The first kappa shape index (κ1) is 18.6. The molecule has 1 atom stereocenters. The van der Waals surface area contributed by atoms with Gasteiger partial charge in [0, 0.05) is 23.6 Å². The number of carbonyl (C=O) groups excluding carboxylic acids is 1. The van der Waals surface area contributed by atoms with Crippen LogP contribution in [-0.2, 0) is 4.74 Å². The number of hydrogen-bond acceptors (Lipinski definition) is 4. The molecule has 2 heterocycles. The quantitative estimate of drug-likeness (QED) is 0.704. The molecule has 2 fully saturated rings. The number of hydrogen-bond donors (Lipinski definition) is 0. The predicted molar refractivity (Wildman–Crippen MR) is 102 cm³/mol. The zero-order valence-corrected chi connectivity index (χ0v) is 16.5. The summed E-state index contributed by atoms with van der Waals surface area (Å²) in [6, 6.07) is 4.23. The molecule has 5 heteroatoms. The average molecular weight is 363 g/mol. The van der Waals surface area contributed by atoms with Gasteiger partial charge in [-0.05, 0) is 52.5 Å². The van der Waals surface area contributed by atoms with Crippen LogP contribution in [0.5, 0.6) is 0 Å². The molecular weight excluding hydrogens is 332 g/mol. The lowest BCUT2D eigenvalue weighted by Crippen LogP contribution is -2.36. The molecule has 1 aromatic heterocycles. The van der Waals surface area contributed by atoms with Crippen LogP contribution in [0.15, 0.2) is 23.4 Å². The lowest BCUT2D eigenvalue weighted by molar-refractivity contribution is 0.0222. The minimum atomic E-state index is -0.459. The van der Waals surface area contributed by atoms with Crippen molar-refractivity contribution < 1.29 is 9.53 Å². The molecule has 1 aliphatic heterocycles. The Hall–Kier alpha value is -1.23. The summed E-state index contributed by atoms with van der Waals surface area (Å²) in [5.41, 5.74) is 0.736. The Morgan fingerprint density at radius 3 is 2.68 bits per heavy atom. The molecule has 0 aromatic carbocycles. The molecule has 0 spiro atoms. The number of ether oxygens (including phenoxy) is 1. The van der Waals surface area contributed by atoms with Crippen LogP contribution >= 0.6 is 11.8 Å². The Labute approximate surface area is 155 Å². The highest BCUT2D eigenvalue weighted by Gasteiger charge is 2.35. The van der Waals surface area contributed by atoms with Gasteiger partial charge in [-0.1, -0.05) is 25.3 Å². The first-order valence-corrected chi connectivity index (χ1v) is 10.4. The number of likely N-dealkylation sites (tertiary alicyclic amines) is 1. The second kappa shape index (κ2) is 7.98. The van der Waals surface area contributed by atoms with Gasteiger partial charge in [-0.3, -0.25) is 0 Å². The molecule has 0 bridgehead atoms. The van der Waals surface area contributed by atoms with Crippen molar-refractivity contribution in [3.05, 3.63) is 23.9 Å². The standard InChI is InChI=1S/C20H30N2O2S/c1-20(2,3)24-19(23)22-14-8-12-17(22)16-11-7-13-21-18(16)25-15-9-5-4-6-10-15/h7,11,13,15,17H,4-6,8-10,12,14H2,1-3H3/t17-/m1/s1. The third-order valence-corrected chi connectivity index (χ3v) is 6.24. The van der Waals surface area contributed by atoms with Crippen LogP contribution in [0, 0.1) is 0 Å². The first-order valence-electron chi connectivity index (χ1n) is 9.55. The van der Waals surface area contributed by atoms with E-state index < -0.39 is 5.60 Å². The van der Waals surface area contributed by atoms with Gasteiger partial charge >= 0.3 is 6.09 Å². The zero-order chi connectivity index (χ0) is 17.9. The average Bonchev–Trinajstić information content (AvgIpc) is 3.04. The largest absolute Gasteiger partial charge is 0.444 e. The van der Waals surface area contributed by atoms with Gasteiger partial charge in [-0.15, -0.1) is 11.8 Å². The van der Waals surface area contributed by atoms with E-state index in [1.807, 2.05) is 49.7 Å². The van der Waals surface area contributed by atoms with Crippen molar-refractivity contribution >= 4 is 17.9 Å². The second-order valence-electron chi connectivity index (χ2n) is 8.11. The smallest absolute Gasteiger partial charge is 0.410 e. The third-order valence-electron chi connectivity index (χ3n) is 4.87. The van der Waals surface area contributed by atoms with Gasteiger partial charge in [0.15, 0.2) is 0 Å². The van der Waals surface area contributed by atoms with Crippen LogP contribution in [0.2, 0.25) is 0 Å². The lowest BCUT2D eigenvalue weighted by Gasteiger charge is -2.30. The van der Waals surface area contributed by atoms with Gasteiger partial charge in [0.2, 0.25) is 0 Å². The molecule has 1 aromatic rings. The van der Waals surface area contributed by atoms with Crippen LogP contribution < -0.4 is 0 Å². The molecule has 0 radical (unpaired) electrons. The minimum Gasteiger partial charge on any atom is -0.444 e. The molecule has 1 amide bonds. The van der Waals surface area contributed by atoms with Crippen LogP contribution in [0.1, 0.15) is 77.3 Å². The fourth-order valence-electron chi connectivity index (χ4n) is 3.73. The third kappa shape index (κ3) is 4.90. The highest BCUT2D eigenvalue weighted by Crippen LogP contribution is 2.40. The molecule has 1 saturated carbocycles. The highest BCUT2D eigenvalue weighted by molar-refractivity contribution is 7.99. The fraction of sp³-hybridized carbons (Fsp3) is 0.700. The maximum Gasteiger partial charge on any atom is 0.410 e. The molecule has 138 valence electrons. The normalized spacial score (nSPS) is 22.2. The molecule has 0 N–H and O–H groups in total. The van der Waals surface area contributed by atoms with Crippen LogP contribution in [-0.4, -0.2) is 33.4 Å². The first-order chi connectivity index (χ1) is 11.9. The van der Waals surface area contributed by atoms with Gasteiger partial charge in [0.05, 0.1) is 6.04 Å². The van der Waals surface area contributed by atoms with E-state index in [0.717, 1.165) is 24.4 Å². The van der Waals surface area contributed by atoms with Crippen molar-refractivity contribution in [2.45, 2.75) is 87.6 Å². The van der Waals surface area contributed by atoms with Crippen LogP contribution in [0.25, 0.3) is 0 Å². The van der Waals surface area contributed by atoms with Crippen LogP contribution in [0.4, 0.5) is 4.79 Å². The Bertz CT molecular complexity index is 594. The molecule has 0 unspecified atom stereocenters. The van der Waals surface area contributed by atoms with Gasteiger partial charge in [0.1, 0.15) is 10.6 Å². The van der Waals surface area contributed by atoms with E-state index in [1.54, 1.807) is 0 Å². The van der Waals surface area contributed by atoms with Crippen LogP contribution in [0.3, 0.4) is 0 Å². The summed E-state index contributed by atoms with van der Waals surface area (Å²) >= 11 is 1.92. The van der Waals surface area contributed by atoms with E-state index >= 15 is 0 Å². The molecule has 1 saturated heterocycles. The number of nitrogens with zero attached hydrogens (tertiary/aromatic N) is 2. The summed E-state index contributed by atoms with van der Waals surface area (Å²) in [5, 5.41) is 1.77.